The summed E-state index contributed by atoms with van der Waals surface area (Å²) in [6.45, 7) is 2.07. The fourth-order valence-corrected chi connectivity index (χ4v) is 3.48. The van der Waals surface area contributed by atoms with Crippen LogP contribution in [0.2, 0.25) is 0 Å². The van der Waals surface area contributed by atoms with Crippen molar-refractivity contribution in [3.63, 3.8) is 0 Å². The third-order valence-corrected chi connectivity index (χ3v) is 5.14. The normalized spacial score (nSPS) is 16.9. The molecule has 160 valence electrons. The molecular formula is C21H19F3N6O. The topological polar surface area (TPSA) is 97.0 Å². The van der Waals surface area contributed by atoms with Crippen molar-refractivity contribution >= 4 is 12.2 Å². The number of carbonyl (C=O) groups excluding carboxylic acids is 1. The number of aromatic nitrogens is 3. The molecule has 1 amide bonds. The zero-order valence-electron chi connectivity index (χ0n) is 16.3. The maximum Gasteiger partial charge on any atom is 0.433 e. The van der Waals surface area contributed by atoms with Gasteiger partial charge < -0.3 is 16.0 Å². The molecule has 3 N–H and O–H groups in total. The molecule has 2 aromatic heterocycles. The van der Waals surface area contributed by atoms with Crippen molar-refractivity contribution in [3.8, 4) is 22.5 Å². The second-order valence-corrected chi connectivity index (χ2v) is 7.10. The van der Waals surface area contributed by atoms with E-state index in [-0.39, 0.29) is 17.6 Å². The largest absolute Gasteiger partial charge is 0.433 e. The van der Waals surface area contributed by atoms with Crippen LogP contribution in [0, 0.1) is 0 Å². The van der Waals surface area contributed by atoms with Crippen LogP contribution in [-0.4, -0.2) is 45.9 Å². The number of nitrogens with two attached hydrogens (primary N) is 1. The van der Waals surface area contributed by atoms with E-state index in [9.17, 15) is 18.0 Å². The molecule has 0 radical (unpaired) electrons. The number of carbonyl (C=O) groups is 1. The van der Waals surface area contributed by atoms with E-state index in [1.54, 1.807) is 4.90 Å². The van der Waals surface area contributed by atoms with Crippen molar-refractivity contribution in [2.45, 2.75) is 12.2 Å². The number of benzene rings is 1. The van der Waals surface area contributed by atoms with Crippen LogP contribution >= 0.6 is 0 Å². The summed E-state index contributed by atoms with van der Waals surface area (Å²) in [5.74, 6) is 0.0943. The van der Waals surface area contributed by atoms with Gasteiger partial charge in [0.15, 0.2) is 0 Å². The van der Waals surface area contributed by atoms with Gasteiger partial charge in [-0.05, 0) is 17.7 Å². The molecule has 0 bridgehead atoms. The summed E-state index contributed by atoms with van der Waals surface area (Å²) in [5, 5.41) is 3.28. The van der Waals surface area contributed by atoms with Crippen LogP contribution in [0.5, 0.6) is 0 Å². The lowest BCUT2D eigenvalue weighted by atomic mass is 10.0. The summed E-state index contributed by atoms with van der Waals surface area (Å²) in [6, 6.07) is 9.67. The Morgan fingerprint density at radius 1 is 1.06 bits per heavy atom. The van der Waals surface area contributed by atoms with Crippen LogP contribution in [0.4, 0.5) is 19.0 Å². The minimum atomic E-state index is -4.52. The maximum atomic E-state index is 12.8. The summed E-state index contributed by atoms with van der Waals surface area (Å²) < 4.78 is 38.3. The highest BCUT2D eigenvalue weighted by Gasteiger charge is 2.32. The van der Waals surface area contributed by atoms with Gasteiger partial charge in [-0.25, -0.2) is 9.97 Å². The maximum absolute atomic E-state index is 12.8. The summed E-state index contributed by atoms with van der Waals surface area (Å²) in [7, 11) is 0. The smallest absolute Gasteiger partial charge is 0.382 e. The molecular weight excluding hydrogens is 409 g/mol. The van der Waals surface area contributed by atoms with E-state index in [2.05, 4.69) is 20.3 Å². The van der Waals surface area contributed by atoms with E-state index in [1.807, 2.05) is 24.3 Å². The number of piperazine rings is 1. The molecule has 1 aromatic carbocycles. The summed E-state index contributed by atoms with van der Waals surface area (Å²) in [6.07, 6.45) is -1.08. The molecule has 3 heterocycles. The average Bonchev–Trinajstić information content (AvgIpc) is 2.79. The van der Waals surface area contributed by atoms with Gasteiger partial charge in [-0.1, -0.05) is 24.3 Å². The molecule has 3 aromatic rings. The Morgan fingerprint density at radius 2 is 1.81 bits per heavy atom. The zero-order chi connectivity index (χ0) is 22.0. The molecule has 31 heavy (non-hydrogen) atoms. The average molecular weight is 428 g/mol. The quantitative estimate of drug-likeness (QED) is 0.621. The van der Waals surface area contributed by atoms with Crippen molar-refractivity contribution in [1.29, 1.82) is 0 Å². The van der Waals surface area contributed by atoms with E-state index in [1.165, 1.54) is 12.3 Å². The van der Waals surface area contributed by atoms with Gasteiger partial charge in [0, 0.05) is 37.0 Å². The van der Waals surface area contributed by atoms with Crippen LogP contribution < -0.4 is 11.1 Å². The lowest BCUT2D eigenvalue weighted by Gasteiger charge is -2.33. The third-order valence-electron chi connectivity index (χ3n) is 5.14. The molecule has 0 saturated carbocycles. The first-order valence-corrected chi connectivity index (χ1v) is 9.55. The SMILES string of the molecule is Nc1ncc(-c2ccc(C3CNCCN3C=O)cc2)nc1-c1ccc(C(F)(F)F)nc1. The molecule has 1 saturated heterocycles. The first kappa shape index (κ1) is 20.7. The van der Waals surface area contributed by atoms with Gasteiger partial charge in [-0.2, -0.15) is 13.2 Å². The van der Waals surface area contributed by atoms with Crippen LogP contribution in [0.15, 0.2) is 48.8 Å². The number of nitrogen functional groups attached to an aromatic ring is 1. The fourth-order valence-electron chi connectivity index (χ4n) is 3.48. The Kier molecular flexibility index (Phi) is 5.55. The monoisotopic (exact) mass is 428 g/mol. The van der Waals surface area contributed by atoms with Crippen LogP contribution in [0.3, 0.4) is 0 Å². The van der Waals surface area contributed by atoms with E-state index >= 15 is 0 Å². The minimum Gasteiger partial charge on any atom is -0.382 e. The number of pyridine rings is 1. The van der Waals surface area contributed by atoms with Gasteiger partial charge in [-0.3, -0.25) is 9.78 Å². The number of anilines is 1. The highest BCUT2D eigenvalue weighted by molar-refractivity contribution is 5.72. The van der Waals surface area contributed by atoms with E-state index in [0.29, 0.717) is 24.3 Å². The number of amides is 1. The highest BCUT2D eigenvalue weighted by Crippen LogP contribution is 2.31. The van der Waals surface area contributed by atoms with Crippen molar-refractivity contribution < 1.29 is 18.0 Å². The van der Waals surface area contributed by atoms with Gasteiger partial charge in [0.05, 0.1) is 17.9 Å². The Labute approximate surface area is 176 Å². The Balaban J connectivity index is 1.61. The number of rotatable bonds is 4. The summed E-state index contributed by atoms with van der Waals surface area (Å²) >= 11 is 0. The van der Waals surface area contributed by atoms with Crippen molar-refractivity contribution in [1.82, 2.24) is 25.2 Å². The molecule has 1 atom stereocenters. The second-order valence-electron chi connectivity index (χ2n) is 7.10. The number of alkyl halides is 3. The van der Waals surface area contributed by atoms with Crippen molar-refractivity contribution in [2.75, 3.05) is 25.4 Å². The lowest BCUT2D eigenvalue weighted by Crippen LogP contribution is -2.45. The van der Waals surface area contributed by atoms with Gasteiger partial charge in [0.25, 0.3) is 0 Å². The molecule has 4 rings (SSSR count). The number of hydrogen-bond donors (Lipinski definition) is 2. The van der Waals surface area contributed by atoms with Crippen LogP contribution in [0.1, 0.15) is 17.3 Å². The molecule has 0 spiro atoms. The van der Waals surface area contributed by atoms with Crippen molar-refractivity contribution in [3.05, 3.63) is 60.0 Å². The highest BCUT2D eigenvalue weighted by atomic mass is 19.4. The van der Waals surface area contributed by atoms with Crippen LogP contribution in [0.25, 0.3) is 22.5 Å². The molecule has 1 unspecified atom stereocenters. The minimum absolute atomic E-state index is 0.0495. The lowest BCUT2D eigenvalue weighted by molar-refractivity contribution is -0.141. The Bertz CT molecular complexity index is 1070. The zero-order valence-corrected chi connectivity index (χ0v) is 16.3. The molecule has 1 aliphatic rings. The molecule has 7 nitrogen and oxygen atoms in total. The predicted molar refractivity (Wildman–Crippen MR) is 108 cm³/mol. The molecule has 1 fully saturated rings. The third kappa shape index (κ3) is 4.33. The van der Waals surface area contributed by atoms with E-state index in [0.717, 1.165) is 36.3 Å². The van der Waals surface area contributed by atoms with Crippen LogP contribution in [-0.2, 0) is 11.0 Å². The Morgan fingerprint density at radius 3 is 2.45 bits per heavy atom. The summed E-state index contributed by atoms with van der Waals surface area (Å²) in [5.41, 5.74) is 7.78. The first-order valence-electron chi connectivity index (χ1n) is 9.55. The molecule has 10 heteroatoms. The predicted octanol–water partition coefficient (Wildman–Crippen LogP) is 2.91. The van der Waals surface area contributed by atoms with E-state index in [4.69, 9.17) is 5.73 Å². The first-order chi connectivity index (χ1) is 14.9. The number of hydrogen-bond acceptors (Lipinski definition) is 6. The standard InChI is InChI=1S/C21H19F3N6O/c22-21(23,24)18-6-5-15(9-27-18)19-20(25)28-10-16(29-19)13-1-3-14(4-2-13)17-11-26-7-8-30(17)12-31/h1-6,9-10,12,17,26H,7-8,11H2,(H2,25,28). The number of halogens is 3. The second kappa shape index (κ2) is 8.31. The van der Waals surface area contributed by atoms with Gasteiger partial charge in [-0.15, -0.1) is 0 Å². The number of nitrogens with zero attached hydrogens (tertiary/aromatic N) is 4. The summed E-state index contributed by atoms with van der Waals surface area (Å²) in [4.78, 5) is 25.2. The fraction of sp³-hybridized carbons (Fsp3) is 0.238. The van der Waals surface area contributed by atoms with Crippen molar-refractivity contribution in [2.24, 2.45) is 0 Å². The number of nitrogens with one attached hydrogen (secondary N) is 1. The van der Waals surface area contributed by atoms with Gasteiger partial charge in [0.2, 0.25) is 6.41 Å². The van der Waals surface area contributed by atoms with E-state index < -0.39 is 11.9 Å². The Hall–Kier alpha value is -3.53. The van der Waals surface area contributed by atoms with Gasteiger partial charge >= 0.3 is 6.18 Å². The van der Waals surface area contributed by atoms with Gasteiger partial charge in [0.1, 0.15) is 17.2 Å². The molecule has 1 aliphatic heterocycles. The molecule has 0 aliphatic carbocycles.